The lowest BCUT2D eigenvalue weighted by Crippen LogP contribution is -2.21. The van der Waals surface area contributed by atoms with Gasteiger partial charge in [0.25, 0.3) is 0 Å². The lowest BCUT2D eigenvalue weighted by Gasteiger charge is -2.14. The number of hydrogen-bond donors (Lipinski definition) is 0. The first-order valence-electron chi connectivity index (χ1n) is 5.69. The quantitative estimate of drug-likeness (QED) is 0.837. The highest BCUT2D eigenvalue weighted by molar-refractivity contribution is 7.09. The molecular weight excluding hydrogens is 279 g/mol. The molecule has 0 N–H and O–H groups in total. The highest BCUT2D eigenvalue weighted by Gasteiger charge is 2.27. The maximum Gasteiger partial charge on any atom is 0.411 e. The van der Waals surface area contributed by atoms with Crippen LogP contribution in [0.2, 0.25) is 0 Å². The lowest BCUT2D eigenvalue weighted by molar-refractivity contribution is -0.175. The first-order chi connectivity index (χ1) is 8.58. The van der Waals surface area contributed by atoms with Gasteiger partial charge in [0.05, 0.1) is 12.1 Å². The molecule has 0 unspecified atom stereocenters. The topological polar surface area (TPSA) is 39.2 Å². The molecule has 0 bridgehead atoms. The molecule has 0 aliphatic rings. The number of carbonyl (C=O) groups excluding carboxylic acids is 1. The van der Waals surface area contributed by atoms with Crippen LogP contribution in [0.25, 0.3) is 0 Å². The van der Waals surface area contributed by atoms with Gasteiger partial charge in [-0.15, -0.1) is 11.3 Å². The van der Waals surface area contributed by atoms with E-state index in [0.29, 0.717) is 5.01 Å². The van der Waals surface area contributed by atoms with E-state index in [9.17, 15) is 18.0 Å². The second-order valence-electron chi connectivity index (χ2n) is 5.20. The first-order valence-corrected chi connectivity index (χ1v) is 6.57. The Balaban J connectivity index is 2.43. The van der Waals surface area contributed by atoms with E-state index in [1.807, 2.05) is 26.2 Å². The maximum atomic E-state index is 11.8. The van der Waals surface area contributed by atoms with Gasteiger partial charge in [0.15, 0.2) is 5.78 Å². The third-order valence-corrected chi connectivity index (χ3v) is 3.05. The van der Waals surface area contributed by atoms with Crippen LogP contribution in [0.4, 0.5) is 13.2 Å². The normalized spacial score (nSPS) is 12.7. The van der Waals surface area contributed by atoms with Crippen molar-refractivity contribution in [1.29, 1.82) is 0 Å². The summed E-state index contributed by atoms with van der Waals surface area (Å²) in [7, 11) is 0. The molecule has 1 aromatic rings. The molecule has 0 aliphatic heterocycles. The number of hydrogen-bond acceptors (Lipinski definition) is 4. The van der Waals surface area contributed by atoms with Crippen molar-refractivity contribution in [3.8, 4) is 0 Å². The minimum absolute atomic E-state index is 0.0125. The SMILES string of the molecule is CC(C)(C)c1csc(CC(=O)COCC(F)(F)F)n1. The van der Waals surface area contributed by atoms with Gasteiger partial charge in [0.1, 0.15) is 18.2 Å². The van der Waals surface area contributed by atoms with Crippen molar-refractivity contribution in [2.45, 2.75) is 38.8 Å². The molecule has 0 amide bonds. The summed E-state index contributed by atoms with van der Waals surface area (Å²) in [6, 6.07) is 0. The Hall–Kier alpha value is -0.950. The summed E-state index contributed by atoms with van der Waals surface area (Å²) in [5.74, 6) is -0.404. The highest BCUT2D eigenvalue weighted by Crippen LogP contribution is 2.24. The van der Waals surface area contributed by atoms with Crippen LogP contribution in [-0.4, -0.2) is 30.2 Å². The van der Waals surface area contributed by atoms with Gasteiger partial charge in [-0.25, -0.2) is 4.98 Å². The molecule has 0 aliphatic carbocycles. The third-order valence-electron chi connectivity index (χ3n) is 2.20. The van der Waals surface area contributed by atoms with E-state index in [1.54, 1.807) is 0 Å². The molecule has 0 saturated heterocycles. The van der Waals surface area contributed by atoms with Crippen molar-refractivity contribution in [3.05, 3.63) is 16.1 Å². The Morgan fingerprint density at radius 2 is 2.00 bits per heavy atom. The van der Waals surface area contributed by atoms with E-state index in [2.05, 4.69) is 9.72 Å². The van der Waals surface area contributed by atoms with E-state index in [4.69, 9.17) is 0 Å². The standard InChI is InChI=1S/C12H16F3NO2S/c1-11(2,3)9-6-19-10(16-9)4-8(17)5-18-7-12(13,14)15/h6H,4-5,7H2,1-3H3. The summed E-state index contributed by atoms with van der Waals surface area (Å²) in [5, 5.41) is 2.46. The van der Waals surface area contributed by atoms with Crippen LogP contribution in [0.15, 0.2) is 5.38 Å². The number of Topliss-reactive ketones (excluding diaryl/α,β-unsaturated/α-hetero) is 1. The Labute approximate surface area is 113 Å². The van der Waals surface area contributed by atoms with Crippen LogP contribution < -0.4 is 0 Å². The molecule has 0 atom stereocenters. The molecule has 7 heteroatoms. The summed E-state index contributed by atoms with van der Waals surface area (Å²) < 4.78 is 39.8. The zero-order valence-electron chi connectivity index (χ0n) is 11.0. The molecule has 0 spiro atoms. The van der Waals surface area contributed by atoms with Gasteiger partial charge >= 0.3 is 6.18 Å². The van der Waals surface area contributed by atoms with Crippen molar-refractivity contribution in [3.63, 3.8) is 0 Å². The zero-order chi connectivity index (χ0) is 14.7. The van der Waals surface area contributed by atoms with Gasteiger partial charge in [-0.1, -0.05) is 20.8 Å². The average molecular weight is 295 g/mol. The van der Waals surface area contributed by atoms with E-state index in [0.717, 1.165) is 5.69 Å². The van der Waals surface area contributed by atoms with E-state index in [-0.39, 0.29) is 11.8 Å². The Morgan fingerprint density at radius 3 is 2.47 bits per heavy atom. The van der Waals surface area contributed by atoms with Crippen molar-refractivity contribution < 1.29 is 22.7 Å². The molecule has 1 rings (SSSR count). The second kappa shape index (κ2) is 6.00. The second-order valence-corrected chi connectivity index (χ2v) is 6.14. The van der Waals surface area contributed by atoms with Gasteiger partial charge in [-0.3, -0.25) is 4.79 Å². The molecule has 1 heterocycles. The number of ketones is 1. The summed E-state index contributed by atoms with van der Waals surface area (Å²) in [6.45, 7) is 4.06. The van der Waals surface area contributed by atoms with Crippen LogP contribution in [0.3, 0.4) is 0 Å². The molecular formula is C12H16F3NO2S. The van der Waals surface area contributed by atoms with Crippen LogP contribution in [0.1, 0.15) is 31.5 Å². The van der Waals surface area contributed by atoms with Crippen molar-refractivity contribution in [2.75, 3.05) is 13.2 Å². The maximum absolute atomic E-state index is 11.8. The number of carbonyl (C=O) groups is 1. The van der Waals surface area contributed by atoms with Crippen LogP contribution in [-0.2, 0) is 21.4 Å². The summed E-state index contributed by atoms with van der Waals surface area (Å²) >= 11 is 1.33. The zero-order valence-corrected chi connectivity index (χ0v) is 11.8. The van der Waals surface area contributed by atoms with Gasteiger partial charge < -0.3 is 4.74 Å². The Morgan fingerprint density at radius 1 is 1.37 bits per heavy atom. The number of halogens is 3. The minimum atomic E-state index is -4.40. The highest BCUT2D eigenvalue weighted by atomic mass is 32.1. The Kier molecular flexibility index (Phi) is 5.09. The Bertz CT molecular complexity index is 435. The number of aromatic nitrogens is 1. The molecule has 0 aromatic carbocycles. The van der Waals surface area contributed by atoms with Gasteiger partial charge in [0, 0.05) is 10.8 Å². The van der Waals surface area contributed by atoms with Crippen molar-refractivity contribution in [1.82, 2.24) is 4.98 Å². The number of rotatable bonds is 5. The third kappa shape index (κ3) is 6.15. The van der Waals surface area contributed by atoms with Crippen molar-refractivity contribution in [2.24, 2.45) is 0 Å². The monoisotopic (exact) mass is 295 g/mol. The van der Waals surface area contributed by atoms with Crippen molar-refractivity contribution >= 4 is 17.1 Å². The average Bonchev–Trinajstić information content (AvgIpc) is 2.63. The predicted molar refractivity (Wildman–Crippen MR) is 66.4 cm³/mol. The number of alkyl halides is 3. The number of ether oxygens (including phenoxy) is 1. The fourth-order valence-corrected chi connectivity index (χ4v) is 2.29. The fourth-order valence-electron chi connectivity index (χ4n) is 1.24. The number of thiazole rings is 1. The fraction of sp³-hybridized carbons (Fsp3) is 0.667. The van der Waals surface area contributed by atoms with Crippen LogP contribution in [0.5, 0.6) is 0 Å². The number of nitrogens with zero attached hydrogens (tertiary/aromatic N) is 1. The predicted octanol–water partition coefficient (Wildman–Crippen LogP) is 3.13. The van der Waals surface area contributed by atoms with Gasteiger partial charge in [0.2, 0.25) is 0 Å². The summed E-state index contributed by atoms with van der Waals surface area (Å²) in [5.41, 5.74) is 0.765. The van der Waals surface area contributed by atoms with E-state index >= 15 is 0 Å². The lowest BCUT2D eigenvalue weighted by atomic mass is 9.93. The summed E-state index contributed by atoms with van der Waals surface area (Å²) in [6.07, 6.45) is -4.39. The largest absolute Gasteiger partial charge is 0.411 e. The molecule has 19 heavy (non-hydrogen) atoms. The van der Waals surface area contributed by atoms with E-state index in [1.165, 1.54) is 11.3 Å². The smallest absolute Gasteiger partial charge is 0.364 e. The summed E-state index contributed by atoms with van der Waals surface area (Å²) in [4.78, 5) is 15.7. The van der Waals surface area contributed by atoms with Gasteiger partial charge in [-0.2, -0.15) is 13.2 Å². The minimum Gasteiger partial charge on any atom is -0.364 e. The van der Waals surface area contributed by atoms with Gasteiger partial charge in [-0.05, 0) is 0 Å². The van der Waals surface area contributed by atoms with Crippen LogP contribution in [0, 0.1) is 0 Å². The first kappa shape index (κ1) is 16.1. The molecule has 0 saturated carbocycles. The van der Waals surface area contributed by atoms with Crippen LogP contribution >= 0.6 is 11.3 Å². The van der Waals surface area contributed by atoms with E-state index < -0.39 is 25.2 Å². The molecule has 1 aromatic heterocycles. The molecule has 0 fully saturated rings. The molecule has 3 nitrogen and oxygen atoms in total. The molecule has 0 radical (unpaired) electrons. The molecule has 108 valence electrons.